The van der Waals surface area contributed by atoms with Gasteiger partial charge in [0.25, 0.3) is 5.91 Å². The Kier molecular flexibility index (Phi) is 4.26. The number of ether oxygens (including phenoxy) is 2. The van der Waals surface area contributed by atoms with Crippen LogP contribution in [-0.2, 0) is 9.53 Å². The average Bonchev–Trinajstić information content (AvgIpc) is 2.92. The van der Waals surface area contributed by atoms with Gasteiger partial charge in [-0.15, -0.1) is 0 Å². The molecule has 0 bridgehead atoms. The monoisotopic (exact) mass is 318 g/mol. The number of methoxy groups -OCH3 is 1. The molecule has 0 spiro atoms. The molecule has 3 rings (SSSR count). The first kappa shape index (κ1) is 15.8. The van der Waals surface area contributed by atoms with Gasteiger partial charge < -0.3 is 19.3 Å². The van der Waals surface area contributed by atoms with Crippen LogP contribution >= 0.6 is 0 Å². The van der Waals surface area contributed by atoms with Crippen molar-refractivity contribution in [1.29, 1.82) is 0 Å². The Morgan fingerprint density at radius 1 is 1.35 bits per heavy atom. The van der Waals surface area contributed by atoms with Gasteiger partial charge in [0.1, 0.15) is 5.75 Å². The second-order valence-electron chi connectivity index (χ2n) is 6.13. The van der Waals surface area contributed by atoms with Gasteiger partial charge in [-0.2, -0.15) is 0 Å². The van der Waals surface area contributed by atoms with Crippen molar-refractivity contribution < 1.29 is 19.1 Å². The summed E-state index contributed by atoms with van der Waals surface area (Å²) in [7, 11) is 3.41. The second kappa shape index (κ2) is 6.20. The standard InChI is InChI=1S/C17H22N2O4/c1-11-8-12(4-5-14(11)22-3)17(21)19-9-13-15(10-19)23-7-6-16(20)18(13)2/h4-5,8,13,15H,6-7,9-10H2,1-3H3/t13-,15-/m0/s1. The maximum Gasteiger partial charge on any atom is 0.254 e. The highest BCUT2D eigenvalue weighted by Gasteiger charge is 2.41. The van der Waals surface area contributed by atoms with Crippen LogP contribution in [0.15, 0.2) is 18.2 Å². The summed E-state index contributed by atoms with van der Waals surface area (Å²) in [6.07, 6.45) is 0.310. The Balaban J connectivity index is 1.77. The number of likely N-dealkylation sites (N-methyl/N-ethyl adjacent to an activating group) is 1. The molecule has 2 aliphatic rings. The minimum absolute atomic E-state index is 0.0340. The van der Waals surface area contributed by atoms with Crippen LogP contribution in [0.25, 0.3) is 0 Å². The molecular formula is C17H22N2O4. The molecule has 1 aromatic rings. The van der Waals surface area contributed by atoms with Crippen LogP contribution in [0.4, 0.5) is 0 Å². The predicted octanol–water partition coefficient (Wildman–Crippen LogP) is 1.08. The van der Waals surface area contributed by atoms with E-state index in [1.165, 1.54) is 0 Å². The molecule has 124 valence electrons. The summed E-state index contributed by atoms with van der Waals surface area (Å²) in [6, 6.07) is 5.36. The highest BCUT2D eigenvalue weighted by molar-refractivity contribution is 5.95. The van der Waals surface area contributed by atoms with Crippen molar-refractivity contribution in [2.75, 3.05) is 33.9 Å². The third kappa shape index (κ3) is 2.91. The van der Waals surface area contributed by atoms with E-state index in [2.05, 4.69) is 0 Å². The summed E-state index contributed by atoms with van der Waals surface area (Å²) < 4.78 is 11.0. The summed E-state index contributed by atoms with van der Waals surface area (Å²) in [5.74, 6) is 0.808. The summed E-state index contributed by atoms with van der Waals surface area (Å²) in [5, 5.41) is 0. The highest BCUT2D eigenvalue weighted by Crippen LogP contribution is 2.25. The first-order valence-corrected chi connectivity index (χ1v) is 7.82. The molecule has 2 saturated heterocycles. The lowest BCUT2D eigenvalue weighted by Gasteiger charge is -2.25. The smallest absolute Gasteiger partial charge is 0.254 e. The number of rotatable bonds is 2. The molecule has 23 heavy (non-hydrogen) atoms. The van der Waals surface area contributed by atoms with Crippen molar-refractivity contribution in [3.63, 3.8) is 0 Å². The summed E-state index contributed by atoms with van der Waals surface area (Å²) >= 11 is 0. The maximum absolute atomic E-state index is 12.7. The quantitative estimate of drug-likeness (QED) is 0.818. The lowest BCUT2D eigenvalue weighted by Crippen LogP contribution is -2.43. The fraction of sp³-hybridized carbons (Fsp3) is 0.529. The number of carbonyl (C=O) groups excluding carboxylic acids is 2. The number of hydrogen-bond acceptors (Lipinski definition) is 4. The van der Waals surface area contributed by atoms with Crippen LogP contribution < -0.4 is 4.74 Å². The number of fused-ring (bicyclic) bond motifs is 1. The maximum atomic E-state index is 12.7. The van der Waals surface area contributed by atoms with Gasteiger partial charge in [0, 0.05) is 25.7 Å². The first-order valence-electron chi connectivity index (χ1n) is 7.82. The molecule has 2 fully saturated rings. The van der Waals surface area contributed by atoms with Crippen LogP contribution in [0.3, 0.4) is 0 Å². The van der Waals surface area contributed by atoms with Gasteiger partial charge >= 0.3 is 0 Å². The minimum Gasteiger partial charge on any atom is -0.496 e. The average molecular weight is 318 g/mol. The van der Waals surface area contributed by atoms with E-state index in [9.17, 15) is 9.59 Å². The molecule has 0 aromatic heterocycles. The van der Waals surface area contributed by atoms with Crippen LogP contribution in [0, 0.1) is 6.92 Å². The van der Waals surface area contributed by atoms with Crippen molar-refractivity contribution in [2.45, 2.75) is 25.5 Å². The third-order valence-electron chi connectivity index (χ3n) is 4.70. The highest BCUT2D eigenvalue weighted by atomic mass is 16.5. The number of amides is 2. The molecule has 2 amide bonds. The first-order chi connectivity index (χ1) is 11.0. The molecule has 0 saturated carbocycles. The fourth-order valence-corrected chi connectivity index (χ4v) is 3.31. The summed E-state index contributed by atoms with van der Waals surface area (Å²) in [5.41, 5.74) is 1.56. The molecule has 0 radical (unpaired) electrons. The van der Waals surface area contributed by atoms with Crippen molar-refractivity contribution >= 4 is 11.8 Å². The molecular weight excluding hydrogens is 296 g/mol. The van der Waals surface area contributed by atoms with E-state index in [0.29, 0.717) is 31.7 Å². The van der Waals surface area contributed by atoms with Crippen molar-refractivity contribution in [3.05, 3.63) is 29.3 Å². The number of nitrogens with zero attached hydrogens (tertiary/aromatic N) is 2. The fourth-order valence-electron chi connectivity index (χ4n) is 3.31. The lowest BCUT2D eigenvalue weighted by atomic mass is 10.1. The molecule has 6 heteroatoms. The van der Waals surface area contributed by atoms with Crippen LogP contribution in [-0.4, -0.2) is 67.6 Å². The van der Waals surface area contributed by atoms with Gasteiger partial charge in [-0.1, -0.05) is 0 Å². The summed E-state index contributed by atoms with van der Waals surface area (Å²) in [6.45, 7) is 3.37. The molecule has 2 heterocycles. The van der Waals surface area contributed by atoms with Gasteiger partial charge in [0.15, 0.2) is 0 Å². The van der Waals surface area contributed by atoms with E-state index < -0.39 is 0 Å². The zero-order chi connectivity index (χ0) is 16.6. The van der Waals surface area contributed by atoms with Crippen molar-refractivity contribution in [2.24, 2.45) is 0 Å². The molecule has 0 aliphatic carbocycles. The number of aryl methyl sites for hydroxylation is 1. The van der Waals surface area contributed by atoms with Crippen molar-refractivity contribution in [1.82, 2.24) is 9.80 Å². The van der Waals surface area contributed by atoms with E-state index in [4.69, 9.17) is 9.47 Å². The van der Waals surface area contributed by atoms with Crippen LogP contribution in [0.5, 0.6) is 5.75 Å². The minimum atomic E-state index is -0.102. The predicted molar refractivity (Wildman–Crippen MR) is 84.5 cm³/mol. The van der Waals surface area contributed by atoms with Gasteiger partial charge in [-0.3, -0.25) is 9.59 Å². The SMILES string of the molecule is COc1ccc(C(=O)N2C[C@@H]3OCCC(=O)N(C)[C@H]3C2)cc1C. The van der Waals surface area contributed by atoms with Gasteiger partial charge in [0.2, 0.25) is 5.91 Å². The zero-order valence-electron chi connectivity index (χ0n) is 13.7. The van der Waals surface area contributed by atoms with E-state index >= 15 is 0 Å². The van der Waals surface area contributed by atoms with E-state index in [-0.39, 0.29) is 24.0 Å². The Bertz CT molecular complexity index is 631. The molecule has 0 unspecified atom stereocenters. The van der Waals surface area contributed by atoms with Crippen LogP contribution in [0.2, 0.25) is 0 Å². The second-order valence-corrected chi connectivity index (χ2v) is 6.13. The summed E-state index contributed by atoms with van der Waals surface area (Å²) in [4.78, 5) is 28.2. The number of benzene rings is 1. The molecule has 0 N–H and O–H groups in total. The van der Waals surface area contributed by atoms with E-state index in [0.717, 1.165) is 11.3 Å². The molecule has 1 aromatic carbocycles. The number of hydrogen-bond donors (Lipinski definition) is 0. The van der Waals surface area contributed by atoms with E-state index in [1.807, 2.05) is 19.1 Å². The zero-order valence-corrected chi connectivity index (χ0v) is 13.7. The van der Waals surface area contributed by atoms with E-state index in [1.54, 1.807) is 30.0 Å². The van der Waals surface area contributed by atoms with Crippen LogP contribution in [0.1, 0.15) is 22.3 Å². The molecule has 6 nitrogen and oxygen atoms in total. The van der Waals surface area contributed by atoms with Gasteiger partial charge in [0.05, 0.1) is 32.3 Å². The van der Waals surface area contributed by atoms with Gasteiger partial charge in [-0.05, 0) is 30.7 Å². The topological polar surface area (TPSA) is 59.1 Å². The Morgan fingerprint density at radius 3 is 2.83 bits per heavy atom. The van der Waals surface area contributed by atoms with Gasteiger partial charge in [-0.25, -0.2) is 0 Å². The number of carbonyl (C=O) groups is 2. The Labute approximate surface area is 136 Å². The largest absolute Gasteiger partial charge is 0.496 e. The molecule has 2 aliphatic heterocycles. The van der Waals surface area contributed by atoms with Crippen molar-refractivity contribution in [3.8, 4) is 5.75 Å². The lowest BCUT2D eigenvalue weighted by molar-refractivity contribution is -0.131. The Morgan fingerprint density at radius 2 is 2.13 bits per heavy atom. The molecule has 2 atom stereocenters. The third-order valence-corrected chi connectivity index (χ3v) is 4.70. The number of likely N-dealkylation sites (tertiary alicyclic amines) is 1. The normalized spacial score (nSPS) is 24.4. The Hall–Kier alpha value is -2.08.